The lowest BCUT2D eigenvalue weighted by Gasteiger charge is -2.29. The van der Waals surface area contributed by atoms with Gasteiger partial charge >= 0.3 is 0 Å². The fourth-order valence-corrected chi connectivity index (χ4v) is 4.36. The zero-order valence-corrected chi connectivity index (χ0v) is 14.8. The fourth-order valence-electron chi connectivity index (χ4n) is 2.85. The Labute approximate surface area is 142 Å². The van der Waals surface area contributed by atoms with Gasteiger partial charge in [0.15, 0.2) is 6.54 Å². The number of thiophene rings is 1. The van der Waals surface area contributed by atoms with Gasteiger partial charge in [-0.3, -0.25) is 4.79 Å². The summed E-state index contributed by atoms with van der Waals surface area (Å²) in [7, 11) is 0. The Kier molecular flexibility index (Phi) is 4.61. The number of rotatable bonds is 3. The van der Waals surface area contributed by atoms with Crippen molar-refractivity contribution in [3.8, 4) is 0 Å². The first-order valence-electron chi connectivity index (χ1n) is 7.10. The molecule has 0 fully saturated rings. The van der Waals surface area contributed by atoms with E-state index in [1.165, 1.54) is 15.3 Å². The van der Waals surface area contributed by atoms with E-state index in [-0.39, 0.29) is 5.91 Å². The van der Waals surface area contributed by atoms with E-state index in [1.54, 1.807) is 0 Å². The number of para-hydroxylation sites is 1. The summed E-state index contributed by atoms with van der Waals surface area (Å²) in [6, 6.07) is 10.5. The second-order valence-electron chi connectivity index (χ2n) is 5.38. The summed E-state index contributed by atoms with van der Waals surface area (Å²) in [6.07, 6.45) is 1.09. The number of nitrogens with one attached hydrogen (secondary N) is 2. The van der Waals surface area contributed by atoms with Gasteiger partial charge in [-0.2, -0.15) is 0 Å². The van der Waals surface area contributed by atoms with E-state index in [2.05, 4.69) is 46.3 Å². The molecule has 1 aliphatic heterocycles. The monoisotopic (exact) mass is 413 g/mol. The molecule has 1 aromatic carbocycles. The molecule has 2 atom stereocenters. The van der Waals surface area contributed by atoms with Gasteiger partial charge in [-0.05, 0) is 53.1 Å². The van der Waals surface area contributed by atoms with E-state index in [4.69, 9.17) is 0 Å². The highest BCUT2D eigenvalue weighted by atomic mass is 127. The molecule has 3 rings (SSSR count). The largest absolute Gasteiger partial charge is 0.321 e. The average molecular weight is 413 g/mol. The topological polar surface area (TPSA) is 33.5 Å². The number of hydrogen-bond acceptors (Lipinski definition) is 2. The molecule has 2 aromatic rings. The van der Waals surface area contributed by atoms with E-state index in [1.807, 2.05) is 35.6 Å². The van der Waals surface area contributed by atoms with Crippen LogP contribution in [0.1, 0.15) is 23.4 Å². The summed E-state index contributed by atoms with van der Waals surface area (Å²) in [4.78, 5) is 15.1. The molecule has 2 heterocycles. The Bertz CT molecular complexity index is 655. The highest BCUT2D eigenvalue weighted by Gasteiger charge is 2.29. The third-order valence-corrected chi connectivity index (χ3v) is 6.00. The molecule has 0 aliphatic carbocycles. The summed E-state index contributed by atoms with van der Waals surface area (Å²) in [5.41, 5.74) is 2.33. The maximum absolute atomic E-state index is 12.3. The van der Waals surface area contributed by atoms with Gasteiger partial charge in [0, 0.05) is 20.4 Å². The van der Waals surface area contributed by atoms with Crippen LogP contribution in [-0.4, -0.2) is 19.0 Å². The molecule has 0 spiro atoms. The maximum Gasteiger partial charge on any atom is 0.279 e. The van der Waals surface area contributed by atoms with Crippen LogP contribution in [0.2, 0.25) is 0 Å². The van der Waals surface area contributed by atoms with Crippen LogP contribution in [0.25, 0.3) is 0 Å². The van der Waals surface area contributed by atoms with E-state index < -0.39 is 0 Å². The van der Waals surface area contributed by atoms with Crippen LogP contribution in [-0.2, 0) is 11.2 Å². The van der Waals surface area contributed by atoms with Crippen LogP contribution in [0, 0.1) is 3.57 Å². The molecule has 1 aliphatic rings. The first-order chi connectivity index (χ1) is 10.1. The summed E-state index contributed by atoms with van der Waals surface area (Å²) < 4.78 is 1.07. The van der Waals surface area contributed by atoms with Gasteiger partial charge in [0.1, 0.15) is 6.04 Å². The molecule has 2 N–H and O–H groups in total. The maximum atomic E-state index is 12.3. The number of quaternary nitrogens is 1. The molecular formula is C16H18IN2OS+. The van der Waals surface area contributed by atoms with E-state index in [0.717, 1.165) is 22.2 Å². The minimum absolute atomic E-state index is 0.0969. The first-order valence-corrected chi connectivity index (χ1v) is 9.06. The zero-order chi connectivity index (χ0) is 14.8. The minimum atomic E-state index is 0.0969. The van der Waals surface area contributed by atoms with Gasteiger partial charge in [0.25, 0.3) is 5.91 Å². The molecule has 3 nitrogen and oxygen atoms in total. The molecule has 1 aromatic heterocycles. The lowest BCUT2D eigenvalue weighted by Crippen LogP contribution is -3.14. The lowest BCUT2D eigenvalue weighted by molar-refractivity contribution is -0.923. The molecular weight excluding hydrogens is 395 g/mol. The van der Waals surface area contributed by atoms with Crippen LogP contribution in [0.15, 0.2) is 35.7 Å². The number of amides is 1. The van der Waals surface area contributed by atoms with Crippen molar-refractivity contribution in [2.45, 2.75) is 19.4 Å². The smallest absolute Gasteiger partial charge is 0.279 e. The van der Waals surface area contributed by atoms with Crippen LogP contribution in [0.5, 0.6) is 0 Å². The summed E-state index contributed by atoms with van der Waals surface area (Å²) in [6.45, 7) is 3.79. The number of fused-ring (bicyclic) bond motifs is 1. The average Bonchev–Trinajstić information content (AvgIpc) is 2.94. The van der Waals surface area contributed by atoms with Crippen molar-refractivity contribution in [2.75, 3.05) is 18.4 Å². The predicted octanol–water partition coefficient (Wildman–Crippen LogP) is 2.49. The number of halogens is 1. The van der Waals surface area contributed by atoms with Gasteiger partial charge in [0.2, 0.25) is 0 Å². The Morgan fingerprint density at radius 2 is 2.24 bits per heavy atom. The highest BCUT2D eigenvalue weighted by Crippen LogP contribution is 2.24. The Balaban J connectivity index is 1.65. The van der Waals surface area contributed by atoms with Gasteiger partial charge in [0.05, 0.1) is 12.2 Å². The molecule has 5 heteroatoms. The molecule has 0 radical (unpaired) electrons. The molecule has 0 saturated carbocycles. The number of benzene rings is 1. The van der Waals surface area contributed by atoms with Crippen molar-refractivity contribution in [3.05, 3.63) is 49.7 Å². The van der Waals surface area contributed by atoms with Crippen LogP contribution >= 0.6 is 33.9 Å². The zero-order valence-electron chi connectivity index (χ0n) is 11.9. The normalized spacial score (nSPS) is 20.9. The van der Waals surface area contributed by atoms with Crippen molar-refractivity contribution in [1.29, 1.82) is 0 Å². The third-order valence-electron chi connectivity index (χ3n) is 4.07. The second-order valence-corrected chi connectivity index (χ2v) is 7.55. The molecule has 0 saturated heterocycles. The van der Waals surface area contributed by atoms with Crippen molar-refractivity contribution >= 4 is 45.5 Å². The predicted molar refractivity (Wildman–Crippen MR) is 94.9 cm³/mol. The van der Waals surface area contributed by atoms with Crippen LogP contribution in [0.3, 0.4) is 0 Å². The van der Waals surface area contributed by atoms with Gasteiger partial charge in [-0.25, -0.2) is 0 Å². The molecule has 0 bridgehead atoms. The van der Waals surface area contributed by atoms with Gasteiger partial charge in [-0.1, -0.05) is 12.1 Å². The SMILES string of the molecule is C[C@@H]1c2ccsc2CC[NH+]1CC(=O)Nc1ccccc1I. The van der Waals surface area contributed by atoms with Crippen molar-refractivity contribution in [3.63, 3.8) is 0 Å². The number of hydrogen-bond donors (Lipinski definition) is 2. The first kappa shape index (κ1) is 15.0. The molecule has 110 valence electrons. The van der Waals surface area contributed by atoms with Gasteiger partial charge in [-0.15, -0.1) is 11.3 Å². The Morgan fingerprint density at radius 3 is 3.05 bits per heavy atom. The van der Waals surface area contributed by atoms with Crippen molar-refractivity contribution in [2.24, 2.45) is 0 Å². The van der Waals surface area contributed by atoms with Crippen molar-refractivity contribution < 1.29 is 9.69 Å². The number of carbonyl (C=O) groups excluding carboxylic acids is 1. The fraction of sp³-hybridized carbons (Fsp3) is 0.312. The standard InChI is InChI=1S/C16H17IN2OS/c1-11-12-7-9-21-15(12)6-8-19(11)10-16(20)18-14-5-3-2-4-13(14)17/h2-5,7,9,11H,6,8,10H2,1H3,(H,18,20)/p+1/t11-/m1/s1. The Hall–Kier alpha value is -0.920. The number of carbonyl (C=O) groups is 1. The van der Waals surface area contributed by atoms with Crippen LogP contribution in [0.4, 0.5) is 5.69 Å². The van der Waals surface area contributed by atoms with Crippen LogP contribution < -0.4 is 10.2 Å². The highest BCUT2D eigenvalue weighted by molar-refractivity contribution is 14.1. The minimum Gasteiger partial charge on any atom is -0.321 e. The molecule has 1 unspecified atom stereocenters. The second kappa shape index (κ2) is 6.46. The third kappa shape index (κ3) is 3.30. The Morgan fingerprint density at radius 1 is 1.43 bits per heavy atom. The number of anilines is 1. The van der Waals surface area contributed by atoms with Gasteiger partial charge < -0.3 is 10.2 Å². The lowest BCUT2D eigenvalue weighted by atomic mass is 10.0. The van der Waals surface area contributed by atoms with Crippen molar-refractivity contribution in [1.82, 2.24) is 0 Å². The van der Waals surface area contributed by atoms with E-state index in [0.29, 0.717) is 12.6 Å². The summed E-state index contributed by atoms with van der Waals surface area (Å²) in [5, 5.41) is 5.19. The quantitative estimate of drug-likeness (QED) is 0.746. The van der Waals surface area contributed by atoms with E-state index in [9.17, 15) is 4.79 Å². The molecule has 1 amide bonds. The van der Waals surface area contributed by atoms with E-state index >= 15 is 0 Å². The summed E-state index contributed by atoms with van der Waals surface area (Å²) >= 11 is 4.09. The summed E-state index contributed by atoms with van der Waals surface area (Å²) in [5.74, 6) is 0.0969. The molecule has 21 heavy (non-hydrogen) atoms.